The van der Waals surface area contributed by atoms with Crippen LogP contribution in [0.3, 0.4) is 0 Å². The predicted octanol–water partition coefficient (Wildman–Crippen LogP) is 2.60. The van der Waals surface area contributed by atoms with Crippen molar-refractivity contribution in [3.63, 3.8) is 0 Å². The Morgan fingerprint density at radius 3 is 2.77 bits per heavy atom. The van der Waals surface area contributed by atoms with Gasteiger partial charge in [0.25, 0.3) is 5.91 Å². The smallest absolute Gasteiger partial charge is 0.309 e. The monoisotopic (exact) mass is 357 g/mol. The van der Waals surface area contributed by atoms with Crippen LogP contribution in [0.5, 0.6) is 0 Å². The van der Waals surface area contributed by atoms with Crippen LogP contribution in [0.4, 0.5) is 0 Å². The highest BCUT2D eigenvalue weighted by molar-refractivity contribution is 5.92. The fraction of sp³-hybridized carbons (Fsp3) is 0.700. The van der Waals surface area contributed by atoms with E-state index in [2.05, 4.69) is 29.1 Å². The summed E-state index contributed by atoms with van der Waals surface area (Å²) in [7, 11) is 0. The molecule has 4 rings (SSSR count). The molecule has 1 saturated heterocycles. The van der Waals surface area contributed by atoms with Gasteiger partial charge in [-0.05, 0) is 37.0 Å². The Labute approximate surface area is 154 Å². The van der Waals surface area contributed by atoms with Gasteiger partial charge in [-0.1, -0.05) is 20.8 Å². The van der Waals surface area contributed by atoms with Crippen molar-refractivity contribution in [2.24, 2.45) is 29.1 Å². The van der Waals surface area contributed by atoms with E-state index >= 15 is 0 Å². The summed E-state index contributed by atoms with van der Waals surface area (Å²) in [6, 6.07) is 0.0657. The van der Waals surface area contributed by atoms with Crippen molar-refractivity contribution >= 4 is 11.9 Å². The molecule has 3 aliphatic rings. The normalized spacial score (nSPS) is 41.7. The van der Waals surface area contributed by atoms with E-state index in [1.165, 1.54) is 12.4 Å². The van der Waals surface area contributed by atoms with Gasteiger partial charge in [-0.2, -0.15) is 0 Å². The van der Waals surface area contributed by atoms with Gasteiger partial charge in [-0.15, -0.1) is 0 Å². The van der Waals surface area contributed by atoms with Gasteiger partial charge in [-0.25, -0.2) is 4.98 Å². The van der Waals surface area contributed by atoms with Crippen molar-refractivity contribution in [3.05, 3.63) is 24.3 Å². The number of aromatic nitrogens is 2. The van der Waals surface area contributed by atoms with Crippen molar-refractivity contribution in [2.45, 2.75) is 58.6 Å². The molecule has 26 heavy (non-hydrogen) atoms. The molecule has 7 atom stereocenters. The van der Waals surface area contributed by atoms with Crippen LogP contribution in [-0.2, 0) is 9.53 Å². The number of rotatable bonds is 2. The van der Waals surface area contributed by atoms with Crippen molar-refractivity contribution in [3.8, 4) is 0 Å². The number of hydrogen-bond acceptors (Lipinski definition) is 5. The Kier molecular flexibility index (Phi) is 4.24. The second-order valence-electron chi connectivity index (χ2n) is 8.64. The van der Waals surface area contributed by atoms with E-state index in [4.69, 9.17) is 4.74 Å². The molecule has 2 heterocycles. The molecule has 1 N–H and O–H groups in total. The lowest BCUT2D eigenvalue weighted by Crippen LogP contribution is -2.57. The summed E-state index contributed by atoms with van der Waals surface area (Å²) in [5.74, 6) is 0.616. The molecule has 0 bridgehead atoms. The summed E-state index contributed by atoms with van der Waals surface area (Å²) >= 11 is 0. The number of fused-ring (bicyclic) bond motifs is 3. The van der Waals surface area contributed by atoms with E-state index in [-0.39, 0.29) is 47.2 Å². The highest BCUT2D eigenvalue weighted by Gasteiger charge is 2.58. The minimum atomic E-state index is -0.178. The van der Waals surface area contributed by atoms with Gasteiger partial charge in [0.05, 0.1) is 12.1 Å². The van der Waals surface area contributed by atoms with Gasteiger partial charge in [-0.3, -0.25) is 14.6 Å². The molecule has 6 nitrogen and oxygen atoms in total. The van der Waals surface area contributed by atoms with Crippen molar-refractivity contribution < 1.29 is 14.3 Å². The lowest BCUT2D eigenvalue weighted by Gasteiger charge is -2.54. The highest BCUT2D eigenvalue weighted by atomic mass is 16.6. The first-order valence-electron chi connectivity index (χ1n) is 9.68. The van der Waals surface area contributed by atoms with Gasteiger partial charge in [0.1, 0.15) is 11.8 Å². The molecule has 1 aromatic rings. The topological polar surface area (TPSA) is 81.2 Å². The number of nitrogens with zero attached hydrogens (tertiary/aromatic N) is 2. The lowest BCUT2D eigenvalue weighted by atomic mass is 9.52. The Balaban J connectivity index is 1.54. The first-order valence-corrected chi connectivity index (χ1v) is 9.68. The number of nitrogens with one attached hydrogen (secondary N) is 1. The molecule has 1 amide bonds. The van der Waals surface area contributed by atoms with E-state index in [0.717, 1.165) is 25.7 Å². The van der Waals surface area contributed by atoms with E-state index in [0.29, 0.717) is 11.6 Å². The first kappa shape index (κ1) is 17.4. The van der Waals surface area contributed by atoms with Crippen molar-refractivity contribution in [1.29, 1.82) is 0 Å². The minimum Gasteiger partial charge on any atom is -0.462 e. The van der Waals surface area contributed by atoms with Gasteiger partial charge < -0.3 is 10.1 Å². The fourth-order valence-electron chi connectivity index (χ4n) is 5.69. The number of esters is 1. The molecular formula is C20H27N3O3. The summed E-state index contributed by atoms with van der Waals surface area (Å²) in [4.78, 5) is 32.8. The maximum atomic E-state index is 12.5. The maximum absolute atomic E-state index is 12.5. The summed E-state index contributed by atoms with van der Waals surface area (Å²) in [5.41, 5.74) is 0.522. The van der Waals surface area contributed by atoms with E-state index in [1.807, 2.05) is 6.92 Å². The second-order valence-corrected chi connectivity index (χ2v) is 8.64. The minimum absolute atomic E-state index is 0.00805. The van der Waals surface area contributed by atoms with Crippen molar-refractivity contribution in [2.75, 3.05) is 0 Å². The van der Waals surface area contributed by atoms with Crippen LogP contribution in [0.15, 0.2) is 18.6 Å². The summed E-state index contributed by atoms with van der Waals surface area (Å²) in [6.07, 6.45) is 8.75. The van der Waals surface area contributed by atoms with Crippen LogP contribution in [-0.4, -0.2) is 34.0 Å². The molecule has 2 aliphatic carbocycles. The Morgan fingerprint density at radius 2 is 2.04 bits per heavy atom. The quantitative estimate of drug-likeness (QED) is 0.823. The Bertz CT molecular complexity index is 710. The molecule has 1 aliphatic heterocycles. The molecule has 1 aromatic heterocycles. The summed E-state index contributed by atoms with van der Waals surface area (Å²) in [5, 5.41) is 3.16. The molecular weight excluding hydrogens is 330 g/mol. The SMILES string of the molecule is C[C@H]1[C@@H]2[C@H]3OC(=O)[C@@H](C)[C@@H]3CC[C@@]2(C)CC[C@@H]1NC(=O)c1cnccn1. The third-order valence-corrected chi connectivity index (χ3v) is 7.24. The third kappa shape index (κ3) is 2.70. The van der Waals surface area contributed by atoms with E-state index in [1.54, 1.807) is 6.20 Å². The summed E-state index contributed by atoms with van der Waals surface area (Å²) < 4.78 is 5.85. The third-order valence-electron chi connectivity index (χ3n) is 7.24. The average molecular weight is 357 g/mol. The molecule has 0 unspecified atom stereocenters. The lowest BCUT2D eigenvalue weighted by molar-refractivity contribution is -0.153. The van der Waals surface area contributed by atoms with Gasteiger partial charge in [0, 0.05) is 30.3 Å². The zero-order valence-corrected chi connectivity index (χ0v) is 15.6. The van der Waals surface area contributed by atoms with Crippen LogP contribution >= 0.6 is 0 Å². The average Bonchev–Trinajstić information content (AvgIpc) is 2.92. The molecule has 3 fully saturated rings. The van der Waals surface area contributed by atoms with E-state index in [9.17, 15) is 9.59 Å². The van der Waals surface area contributed by atoms with Crippen LogP contribution in [0.2, 0.25) is 0 Å². The zero-order chi connectivity index (χ0) is 18.5. The van der Waals surface area contributed by atoms with Crippen LogP contribution < -0.4 is 5.32 Å². The van der Waals surface area contributed by atoms with Crippen molar-refractivity contribution in [1.82, 2.24) is 15.3 Å². The Morgan fingerprint density at radius 1 is 1.27 bits per heavy atom. The predicted molar refractivity (Wildman–Crippen MR) is 95.0 cm³/mol. The fourth-order valence-corrected chi connectivity index (χ4v) is 5.69. The summed E-state index contributed by atoms with van der Waals surface area (Å²) in [6.45, 7) is 6.53. The number of carbonyl (C=O) groups is 2. The van der Waals surface area contributed by atoms with Gasteiger partial charge >= 0.3 is 5.97 Å². The molecule has 0 aromatic carbocycles. The number of ether oxygens (including phenoxy) is 1. The first-order chi connectivity index (χ1) is 12.4. The molecule has 2 saturated carbocycles. The number of amides is 1. The van der Waals surface area contributed by atoms with Gasteiger partial charge in [0.2, 0.25) is 0 Å². The highest BCUT2D eigenvalue weighted by Crippen LogP contribution is 2.57. The molecule has 140 valence electrons. The largest absolute Gasteiger partial charge is 0.462 e. The molecule has 0 radical (unpaired) electrons. The Hall–Kier alpha value is -1.98. The molecule has 6 heteroatoms. The number of hydrogen-bond donors (Lipinski definition) is 1. The molecule has 0 spiro atoms. The van der Waals surface area contributed by atoms with Crippen LogP contribution in [0, 0.1) is 29.1 Å². The standard InChI is InChI=1S/C20H27N3O3/c1-11-13-4-6-20(3)7-5-14(12(2)16(20)17(13)26-19(11)25)23-18(24)15-10-21-8-9-22-15/h8-14,16-17H,4-7H2,1-3H3,(H,23,24)/t11-,12+,13-,14-,16+,17-,20-/m0/s1. The van der Waals surface area contributed by atoms with E-state index < -0.39 is 0 Å². The zero-order valence-electron chi connectivity index (χ0n) is 15.6. The van der Waals surface area contributed by atoms with Crippen LogP contribution in [0.1, 0.15) is 56.9 Å². The number of carbonyl (C=O) groups excluding carboxylic acids is 2. The maximum Gasteiger partial charge on any atom is 0.309 e. The second kappa shape index (κ2) is 6.32. The van der Waals surface area contributed by atoms with Gasteiger partial charge in [0.15, 0.2) is 0 Å². The van der Waals surface area contributed by atoms with Crippen LogP contribution in [0.25, 0.3) is 0 Å².